The molecule has 1 aliphatic heterocycles. The Morgan fingerprint density at radius 1 is 1.36 bits per heavy atom. The number of rotatable bonds is 5. The van der Waals surface area contributed by atoms with Gasteiger partial charge in [0.2, 0.25) is 5.91 Å². The lowest BCUT2D eigenvalue weighted by Crippen LogP contribution is -2.45. The Balaban J connectivity index is 0.00000225. The van der Waals surface area contributed by atoms with Gasteiger partial charge in [-0.25, -0.2) is 4.79 Å². The Morgan fingerprint density at radius 2 is 2.08 bits per heavy atom. The zero-order valence-electron chi connectivity index (χ0n) is 14.4. The first-order valence-electron chi connectivity index (χ1n) is 8.10. The van der Waals surface area contributed by atoms with Crippen molar-refractivity contribution in [2.45, 2.75) is 18.4 Å². The van der Waals surface area contributed by atoms with Gasteiger partial charge in [-0.05, 0) is 31.0 Å². The van der Waals surface area contributed by atoms with Gasteiger partial charge < -0.3 is 15.5 Å². The molecule has 2 aliphatic rings. The molecule has 7 nitrogen and oxygen atoms in total. The molecule has 0 aromatic heterocycles. The normalized spacial score (nSPS) is 21.1. The number of amides is 4. The van der Waals surface area contributed by atoms with Crippen LogP contribution in [0.4, 0.5) is 4.79 Å². The minimum atomic E-state index is -1.00. The molecule has 1 spiro atoms. The molecule has 1 saturated heterocycles. The highest BCUT2D eigenvalue weighted by molar-refractivity contribution is 6.09. The molecule has 0 saturated carbocycles. The van der Waals surface area contributed by atoms with Gasteiger partial charge in [-0.1, -0.05) is 24.3 Å². The lowest BCUT2D eigenvalue weighted by molar-refractivity contribution is -0.138. The van der Waals surface area contributed by atoms with E-state index in [0.717, 1.165) is 22.4 Å². The Labute approximate surface area is 153 Å². The molecule has 1 aliphatic carbocycles. The number of nitrogens with zero attached hydrogens (tertiary/aromatic N) is 2. The number of hydrogen-bond acceptors (Lipinski definition) is 4. The van der Waals surface area contributed by atoms with Gasteiger partial charge >= 0.3 is 6.03 Å². The summed E-state index contributed by atoms with van der Waals surface area (Å²) in [5.74, 6) is -0.579. The van der Waals surface area contributed by atoms with Crippen molar-refractivity contribution in [1.82, 2.24) is 20.4 Å². The summed E-state index contributed by atoms with van der Waals surface area (Å²) < 4.78 is 0. The van der Waals surface area contributed by atoms with E-state index in [9.17, 15) is 14.4 Å². The van der Waals surface area contributed by atoms with Crippen molar-refractivity contribution in [3.63, 3.8) is 0 Å². The molecule has 4 amide bonds. The Morgan fingerprint density at radius 3 is 2.80 bits per heavy atom. The highest BCUT2D eigenvalue weighted by Gasteiger charge is 2.55. The van der Waals surface area contributed by atoms with E-state index in [1.54, 1.807) is 14.1 Å². The van der Waals surface area contributed by atoms with E-state index in [1.165, 1.54) is 4.90 Å². The third-order valence-corrected chi connectivity index (χ3v) is 4.84. The van der Waals surface area contributed by atoms with E-state index in [4.69, 9.17) is 0 Å². The maximum atomic E-state index is 12.9. The second-order valence-corrected chi connectivity index (χ2v) is 6.30. The van der Waals surface area contributed by atoms with Crippen LogP contribution in [0.2, 0.25) is 0 Å². The standard InChI is InChI=1S/C17H22N4O3.ClH/c1-18-9-10-20(2)14(22)11-21-15(23)17(19-16(21)24)8-7-12-5-3-4-6-13(12)17;/h3-6,18H,7-11H2,1-2H3,(H,19,24);1H. The van der Waals surface area contributed by atoms with Gasteiger partial charge in [-0.3, -0.25) is 14.5 Å². The van der Waals surface area contributed by atoms with Crippen molar-refractivity contribution < 1.29 is 14.4 Å². The summed E-state index contributed by atoms with van der Waals surface area (Å²) in [5.41, 5.74) is 0.921. The lowest BCUT2D eigenvalue weighted by atomic mass is 9.92. The fraction of sp³-hybridized carbons (Fsp3) is 0.471. The Hall–Kier alpha value is -2.12. The molecule has 0 bridgehead atoms. The van der Waals surface area contributed by atoms with Crippen LogP contribution in [0.3, 0.4) is 0 Å². The summed E-state index contributed by atoms with van der Waals surface area (Å²) >= 11 is 0. The van der Waals surface area contributed by atoms with Crippen molar-refractivity contribution in [2.24, 2.45) is 0 Å². The minimum Gasteiger partial charge on any atom is -0.343 e. The summed E-state index contributed by atoms with van der Waals surface area (Å²) in [4.78, 5) is 40.1. The lowest BCUT2D eigenvalue weighted by Gasteiger charge is -2.23. The first kappa shape index (κ1) is 19.2. The second kappa shape index (κ2) is 7.41. The molecule has 8 heteroatoms. The maximum Gasteiger partial charge on any atom is 0.325 e. The highest BCUT2D eigenvalue weighted by atomic mass is 35.5. The smallest absolute Gasteiger partial charge is 0.325 e. The average molecular weight is 367 g/mol. The van der Waals surface area contributed by atoms with E-state index in [-0.39, 0.29) is 30.8 Å². The Bertz CT molecular complexity index is 696. The molecule has 1 fully saturated rings. The van der Waals surface area contributed by atoms with Gasteiger partial charge in [-0.2, -0.15) is 0 Å². The van der Waals surface area contributed by atoms with Crippen LogP contribution >= 0.6 is 12.4 Å². The van der Waals surface area contributed by atoms with E-state index in [0.29, 0.717) is 19.5 Å². The molecule has 3 rings (SSSR count). The van der Waals surface area contributed by atoms with Crippen LogP contribution in [0.5, 0.6) is 0 Å². The molecular weight excluding hydrogens is 344 g/mol. The second-order valence-electron chi connectivity index (χ2n) is 6.30. The predicted molar refractivity (Wildman–Crippen MR) is 95.5 cm³/mol. The van der Waals surface area contributed by atoms with Gasteiger partial charge in [-0.15, -0.1) is 12.4 Å². The largest absolute Gasteiger partial charge is 0.343 e. The number of carbonyl (C=O) groups is 3. The third kappa shape index (κ3) is 3.21. The Kier molecular flexibility index (Phi) is 5.69. The van der Waals surface area contributed by atoms with Crippen LogP contribution in [-0.4, -0.2) is 61.4 Å². The molecule has 136 valence electrons. The van der Waals surface area contributed by atoms with E-state index in [1.807, 2.05) is 24.3 Å². The first-order valence-corrected chi connectivity index (χ1v) is 8.10. The quantitative estimate of drug-likeness (QED) is 0.743. The third-order valence-electron chi connectivity index (χ3n) is 4.84. The van der Waals surface area contributed by atoms with Crippen LogP contribution in [0.15, 0.2) is 24.3 Å². The molecule has 1 unspecified atom stereocenters. The van der Waals surface area contributed by atoms with Gasteiger partial charge in [0.05, 0.1) is 0 Å². The van der Waals surface area contributed by atoms with Gasteiger partial charge in [0, 0.05) is 20.1 Å². The first-order chi connectivity index (χ1) is 11.5. The number of urea groups is 1. The molecule has 1 aromatic rings. The van der Waals surface area contributed by atoms with Crippen LogP contribution in [0, 0.1) is 0 Å². The minimum absolute atomic E-state index is 0. The molecule has 1 aromatic carbocycles. The SMILES string of the molecule is CNCCN(C)C(=O)CN1C(=O)NC2(CCc3ccccc32)C1=O.Cl. The van der Waals surface area contributed by atoms with Gasteiger partial charge in [0.25, 0.3) is 5.91 Å². The van der Waals surface area contributed by atoms with Crippen molar-refractivity contribution in [3.8, 4) is 0 Å². The molecule has 0 radical (unpaired) electrons. The average Bonchev–Trinajstić information content (AvgIpc) is 3.06. The van der Waals surface area contributed by atoms with Crippen molar-refractivity contribution in [3.05, 3.63) is 35.4 Å². The fourth-order valence-electron chi connectivity index (χ4n) is 3.39. The molecule has 1 heterocycles. The van der Waals surface area contributed by atoms with Crippen LogP contribution in [0.1, 0.15) is 17.5 Å². The number of fused-ring (bicyclic) bond motifs is 2. The summed E-state index contributed by atoms with van der Waals surface area (Å²) in [6.45, 7) is 0.946. The number of nitrogens with one attached hydrogen (secondary N) is 2. The van der Waals surface area contributed by atoms with Crippen molar-refractivity contribution in [1.29, 1.82) is 0 Å². The van der Waals surface area contributed by atoms with Crippen LogP contribution in [-0.2, 0) is 21.5 Å². The van der Waals surface area contributed by atoms with Crippen LogP contribution in [0.25, 0.3) is 0 Å². The van der Waals surface area contributed by atoms with Crippen LogP contribution < -0.4 is 10.6 Å². The number of benzene rings is 1. The molecule has 25 heavy (non-hydrogen) atoms. The number of carbonyl (C=O) groups excluding carboxylic acids is 3. The number of halogens is 1. The summed E-state index contributed by atoms with van der Waals surface area (Å²) in [7, 11) is 3.47. The van der Waals surface area contributed by atoms with Crippen molar-refractivity contribution >= 4 is 30.3 Å². The topological polar surface area (TPSA) is 81.8 Å². The van der Waals surface area contributed by atoms with E-state index < -0.39 is 11.6 Å². The molecule has 1 atom stereocenters. The number of aryl methyl sites for hydroxylation is 1. The zero-order valence-corrected chi connectivity index (χ0v) is 15.2. The number of likely N-dealkylation sites (N-methyl/N-ethyl adjacent to an activating group) is 2. The fourth-order valence-corrected chi connectivity index (χ4v) is 3.39. The predicted octanol–water partition coefficient (Wildman–Crippen LogP) is 0.480. The summed E-state index contributed by atoms with van der Waals surface area (Å²) in [6, 6.07) is 7.15. The highest BCUT2D eigenvalue weighted by Crippen LogP contribution is 2.41. The maximum absolute atomic E-state index is 12.9. The van der Waals surface area contributed by atoms with E-state index in [2.05, 4.69) is 10.6 Å². The number of imide groups is 1. The van der Waals surface area contributed by atoms with Gasteiger partial charge in [0.15, 0.2) is 0 Å². The molecule has 2 N–H and O–H groups in total. The van der Waals surface area contributed by atoms with E-state index >= 15 is 0 Å². The van der Waals surface area contributed by atoms with Gasteiger partial charge in [0.1, 0.15) is 12.1 Å². The zero-order chi connectivity index (χ0) is 17.3. The summed E-state index contributed by atoms with van der Waals surface area (Å²) in [6.07, 6.45) is 1.28. The summed E-state index contributed by atoms with van der Waals surface area (Å²) in [5, 5.41) is 5.79. The monoisotopic (exact) mass is 366 g/mol. The molecular formula is C17H23ClN4O3. The van der Waals surface area contributed by atoms with Crippen molar-refractivity contribution in [2.75, 3.05) is 33.7 Å². The number of hydrogen-bond donors (Lipinski definition) is 2.